The van der Waals surface area contributed by atoms with Gasteiger partial charge >= 0.3 is 0 Å². The standard InChI is InChI=1S/C9H13NS/c1-4-5-6-9-7(2)10-8(3)11-9/h4-5H,6H2,1-3H3/b5-4-. The Labute approximate surface area is 71.8 Å². The van der Waals surface area contributed by atoms with Gasteiger partial charge in [-0.1, -0.05) is 12.2 Å². The summed E-state index contributed by atoms with van der Waals surface area (Å²) < 4.78 is 0. The van der Waals surface area contributed by atoms with E-state index < -0.39 is 0 Å². The molecule has 0 fully saturated rings. The molecule has 1 nitrogen and oxygen atoms in total. The first-order valence-corrected chi connectivity index (χ1v) is 4.59. The van der Waals surface area contributed by atoms with E-state index >= 15 is 0 Å². The molecule has 0 spiro atoms. The van der Waals surface area contributed by atoms with Gasteiger partial charge in [0.2, 0.25) is 0 Å². The van der Waals surface area contributed by atoms with Crippen molar-refractivity contribution in [2.24, 2.45) is 0 Å². The number of rotatable bonds is 2. The van der Waals surface area contributed by atoms with E-state index in [0.717, 1.165) is 6.42 Å². The molecule has 0 aliphatic rings. The summed E-state index contributed by atoms with van der Waals surface area (Å²) in [7, 11) is 0. The highest BCUT2D eigenvalue weighted by Crippen LogP contribution is 2.17. The fourth-order valence-corrected chi connectivity index (χ4v) is 1.90. The molecule has 0 amide bonds. The summed E-state index contributed by atoms with van der Waals surface area (Å²) in [6, 6.07) is 0. The predicted molar refractivity (Wildman–Crippen MR) is 50.1 cm³/mol. The number of thiazole rings is 1. The zero-order chi connectivity index (χ0) is 8.27. The second kappa shape index (κ2) is 3.67. The maximum absolute atomic E-state index is 4.35. The van der Waals surface area contributed by atoms with Crippen LogP contribution < -0.4 is 0 Å². The first kappa shape index (κ1) is 8.47. The Bertz CT molecular complexity index is 261. The van der Waals surface area contributed by atoms with E-state index in [1.807, 2.05) is 6.92 Å². The van der Waals surface area contributed by atoms with E-state index in [1.165, 1.54) is 15.6 Å². The third kappa shape index (κ3) is 2.15. The van der Waals surface area contributed by atoms with Crippen LogP contribution in [0.4, 0.5) is 0 Å². The molecule has 2 heteroatoms. The van der Waals surface area contributed by atoms with Crippen molar-refractivity contribution in [1.82, 2.24) is 4.98 Å². The Morgan fingerprint density at radius 2 is 2.18 bits per heavy atom. The fourth-order valence-electron chi connectivity index (χ4n) is 0.988. The molecule has 1 aromatic rings. The number of allylic oxidation sites excluding steroid dienone is 2. The Morgan fingerprint density at radius 1 is 1.45 bits per heavy atom. The SMILES string of the molecule is C/C=C\Cc1sc(C)nc1C. The first-order valence-electron chi connectivity index (χ1n) is 3.78. The summed E-state index contributed by atoms with van der Waals surface area (Å²) in [5, 5.41) is 1.17. The number of nitrogens with zero attached hydrogens (tertiary/aromatic N) is 1. The van der Waals surface area contributed by atoms with Crippen LogP contribution in [0.3, 0.4) is 0 Å². The molecular weight excluding hydrogens is 154 g/mol. The minimum absolute atomic E-state index is 1.04. The lowest BCUT2D eigenvalue weighted by Gasteiger charge is -1.88. The molecule has 0 aliphatic heterocycles. The highest BCUT2D eigenvalue weighted by molar-refractivity contribution is 7.11. The van der Waals surface area contributed by atoms with E-state index in [9.17, 15) is 0 Å². The smallest absolute Gasteiger partial charge is 0.0900 e. The molecule has 0 radical (unpaired) electrons. The monoisotopic (exact) mass is 167 g/mol. The van der Waals surface area contributed by atoms with Crippen molar-refractivity contribution in [2.45, 2.75) is 27.2 Å². The summed E-state index contributed by atoms with van der Waals surface area (Å²) in [6.45, 7) is 6.17. The van der Waals surface area contributed by atoms with Crippen molar-refractivity contribution in [2.75, 3.05) is 0 Å². The van der Waals surface area contributed by atoms with Gasteiger partial charge in [0, 0.05) is 11.3 Å². The molecule has 0 atom stereocenters. The Hall–Kier alpha value is -0.630. The molecule has 60 valence electrons. The van der Waals surface area contributed by atoms with Crippen LogP contribution in [0.1, 0.15) is 22.5 Å². The van der Waals surface area contributed by atoms with Crippen LogP contribution in [0.15, 0.2) is 12.2 Å². The van der Waals surface area contributed by atoms with Gasteiger partial charge < -0.3 is 0 Å². The maximum Gasteiger partial charge on any atom is 0.0900 e. The second-order valence-electron chi connectivity index (χ2n) is 2.51. The average Bonchev–Trinajstić information content (AvgIpc) is 2.26. The lowest BCUT2D eigenvalue weighted by atomic mass is 10.3. The molecular formula is C9H13NS. The van der Waals surface area contributed by atoms with Crippen LogP contribution in [-0.2, 0) is 6.42 Å². The van der Waals surface area contributed by atoms with E-state index in [4.69, 9.17) is 0 Å². The summed E-state index contributed by atoms with van der Waals surface area (Å²) in [4.78, 5) is 5.74. The molecule has 0 saturated heterocycles. The zero-order valence-electron chi connectivity index (χ0n) is 7.22. The number of aromatic nitrogens is 1. The summed E-state index contributed by atoms with van der Waals surface area (Å²) in [6.07, 6.45) is 5.28. The van der Waals surface area contributed by atoms with Crippen LogP contribution in [-0.4, -0.2) is 4.98 Å². The van der Waals surface area contributed by atoms with Gasteiger partial charge in [-0.25, -0.2) is 4.98 Å². The first-order chi connectivity index (χ1) is 5.24. The molecule has 0 saturated carbocycles. The van der Waals surface area contributed by atoms with Gasteiger partial charge in [0.1, 0.15) is 0 Å². The highest BCUT2D eigenvalue weighted by atomic mass is 32.1. The minimum atomic E-state index is 1.04. The second-order valence-corrected chi connectivity index (χ2v) is 3.80. The lowest BCUT2D eigenvalue weighted by Crippen LogP contribution is -1.79. The van der Waals surface area contributed by atoms with Crippen molar-refractivity contribution in [3.8, 4) is 0 Å². The minimum Gasteiger partial charge on any atom is -0.247 e. The van der Waals surface area contributed by atoms with Crippen molar-refractivity contribution in [1.29, 1.82) is 0 Å². The van der Waals surface area contributed by atoms with Gasteiger partial charge in [0.25, 0.3) is 0 Å². The average molecular weight is 167 g/mol. The molecule has 0 unspecified atom stereocenters. The summed E-state index contributed by atoms with van der Waals surface area (Å²) in [5.41, 5.74) is 1.19. The highest BCUT2D eigenvalue weighted by Gasteiger charge is 2.00. The van der Waals surface area contributed by atoms with Crippen molar-refractivity contribution >= 4 is 11.3 Å². The van der Waals surface area contributed by atoms with Crippen molar-refractivity contribution in [3.63, 3.8) is 0 Å². The summed E-state index contributed by atoms with van der Waals surface area (Å²) in [5.74, 6) is 0. The quantitative estimate of drug-likeness (QED) is 0.617. The third-order valence-corrected chi connectivity index (χ3v) is 2.63. The Balaban J connectivity index is 2.77. The van der Waals surface area contributed by atoms with E-state index in [-0.39, 0.29) is 0 Å². The van der Waals surface area contributed by atoms with Crippen LogP contribution in [0.25, 0.3) is 0 Å². The van der Waals surface area contributed by atoms with Crippen molar-refractivity contribution in [3.05, 3.63) is 27.7 Å². The molecule has 1 rings (SSSR count). The lowest BCUT2D eigenvalue weighted by molar-refractivity contribution is 1.15. The Morgan fingerprint density at radius 3 is 2.64 bits per heavy atom. The topological polar surface area (TPSA) is 12.9 Å². The largest absolute Gasteiger partial charge is 0.247 e. The van der Waals surface area contributed by atoms with Crippen molar-refractivity contribution < 1.29 is 0 Å². The zero-order valence-corrected chi connectivity index (χ0v) is 8.03. The van der Waals surface area contributed by atoms with E-state index in [0.29, 0.717) is 0 Å². The molecule has 0 aliphatic carbocycles. The van der Waals surface area contributed by atoms with Gasteiger partial charge in [-0.05, 0) is 20.8 Å². The predicted octanol–water partition coefficient (Wildman–Crippen LogP) is 2.88. The fraction of sp³-hybridized carbons (Fsp3) is 0.444. The molecule has 1 heterocycles. The number of aryl methyl sites for hydroxylation is 2. The van der Waals surface area contributed by atoms with Crippen LogP contribution in [0.5, 0.6) is 0 Å². The van der Waals surface area contributed by atoms with Crippen LogP contribution in [0.2, 0.25) is 0 Å². The van der Waals surface area contributed by atoms with Gasteiger partial charge in [-0.15, -0.1) is 11.3 Å². The van der Waals surface area contributed by atoms with Gasteiger partial charge in [-0.3, -0.25) is 0 Å². The molecule has 0 N–H and O–H groups in total. The Kier molecular flexibility index (Phi) is 2.83. The number of hydrogen-bond donors (Lipinski definition) is 0. The molecule has 1 aromatic heterocycles. The third-order valence-electron chi connectivity index (χ3n) is 1.54. The molecule has 11 heavy (non-hydrogen) atoms. The van der Waals surface area contributed by atoms with Crippen LogP contribution in [0, 0.1) is 13.8 Å². The molecule has 0 aromatic carbocycles. The maximum atomic E-state index is 4.35. The van der Waals surface area contributed by atoms with E-state index in [1.54, 1.807) is 11.3 Å². The van der Waals surface area contributed by atoms with Gasteiger partial charge in [0.05, 0.1) is 10.7 Å². The van der Waals surface area contributed by atoms with Crippen LogP contribution >= 0.6 is 11.3 Å². The van der Waals surface area contributed by atoms with Gasteiger partial charge in [0.15, 0.2) is 0 Å². The normalized spacial score (nSPS) is 11.2. The molecule has 0 bridgehead atoms. The van der Waals surface area contributed by atoms with Gasteiger partial charge in [-0.2, -0.15) is 0 Å². The number of hydrogen-bond acceptors (Lipinski definition) is 2. The summed E-state index contributed by atoms with van der Waals surface area (Å²) >= 11 is 1.79. The van der Waals surface area contributed by atoms with E-state index in [2.05, 4.69) is 31.0 Å².